The standard InChI is InChI=1S/C24H18FN5S2/c1-16-5-2-3-7-21(16)30-22(18-6-4-12-26-13-18)28-29-24(30)32-15-20-14-31-23(27-20)17-8-10-19(25)11-9-17/h2-14H,15H2,1H3. The molecule has 0 aliphatic carbocycles. The number of pyridine rings is 1. The van der Waals surface area contributed by atoms with E-state index in [4.69, 9.17) is 4.98 Å². The fourth-order valence-corrected chi connectivity index (χ4v) is 5.08. The van der Waals surface area contributed by atoms with Crippen LogP contribution in [0, 0.1) is 12.7 Å². The van der Waals surface area contributed by atoms with E-state index in [1.54, 1.807) is 47.6 Å². The molecule has 0 radical (unpaired) electrons. The molecule has 5 nitrogen and oxygen atoms in total. The maximum Gasteiger partial charge on any atom is 0.196 e. The van der Waals surface area contributed by atoms with Crippen molar-refractivity contribution in [2.24, 2.45) is 0 Å². The van der Waals surface area contributed by atoms with E-state index in [2.05, 4.69) is 38.8 Å². The lowest BCUT2D eigenvalue weighted by Gasteiger charge is -2.12. The number of aromatic nitrogens is 5. The SMILES string of the molecule is Cc1ccccc1-n1c(SCc2csc(-c3ccc(F)cc3)n2)nnc1-c1cccnc1. The van der Waals surface area contributed by atoms with Crippen LogP contribution in [0.1, 0.15) is 11.3 Å². The van der Waals surface area contributed by atoms with E-state index in [1.807, 2.05) is 29.6 Å². The highest BCUT2D eigenvalue weighted by Crippen LogP contribution is 2.32. The number of thioether (sulfide) groups is 1. The molecule has 2 aromatic carbocycles. The zero-order chi connectivity index (χ0) is 21.9. The maximum absolute atomic E-state index is 13.2. The van der Waals surface area contributed by atoms with Crippen LogP contribution >= 0.6 is 23.1 Å². The predicted octanol–water partition coefficient (Wildman–Crippen LogP) is 6.19. The van der Waals surface area contributed by atoms with E-state index in [1.165, 1.54) is 12.1 Å². The molecule has 0 N–H and O–H groups in total. The van der Waals surface area contributed by atoms with Gasteiger partial charge in [-0.05, 0) is 55.0 Å². The van der Waals surface area contributed by atoms with Crippen molar-refractivity contribution in [3.63, 3.8) is 0 Å². The van der Waals surface area contributed by atoms with Gasteiger partial charge >= 0.3 is 0 Å². The molecule has 0 saturated heterocycles. The largest absolute Gasteiger partial charge is 0.270 e. The van der Waals surface area contributed by atoms with E-state index in [-0.39, 0.29) is 5.82 Å². The molecule has 0 spiro atoms. The molecule has 8 heteroatoms. The lowest BCUT2D eigenvalue weighted by molar-refractivity contribution is 0.628. The third-order valence-corrected chi connectivity index (χ3v) is 6.80. The molecular weight excluding hydrogens is 441 g/mol. The minimum absolute atomic E-state index is 0.249. The lowest BCUT2D eigenvalue weighted by Crippen LogP contribution is -2.02. The Hall–Kier alpha value is -3.36. The monoisotopic (exact) mass is 459 g/mol. The summed E-state index contributed by atoms with van der Waals surface area (Å²) in [5, 5.41) is 12.6. The Labute approximate surface area is 193 Å². The molecule has 0 bridgehead atoms. The number of hydrogen-bond donors (Lipinski definition) is 0. The first-order valence-electron chi connectivity index (χ1n) is 9.94. The molecule has 158 valence electrons. The predicted molar refractivity (Wildman–Crippen MR) is 126 cm³/mol. The van der Waals surface area contributed by atoms with Gasteiger partial charge in [-0.15, -0.1) is 21.5 Å². The van der Waals surface area contributed by atoms with Gasteiger partial charge in [0.2, 0.25) is 0 Å². The summed E-state index contributed by atoms with van der Waals surface area (Å²) in [4.78, 5) is 8.96. The number of aryl methyl sites for hydroxylation is 1. The molecule has 0 fully saturated rings. The fourth-order valence-electron chi connectivity index (χ4n) is 3.31. The second-order valence-corrected chi connectivity index (χ2v) is 8.91. The van der Waals surface area contributed by atoms with Crippen molar-refractivity contribution in [3.8, 4) is 27.6 Å². The van der Waals surface area contributed by atoms with Crippen molar-refractivity contribution in [1.82, 2.24) is 24.7 Å². The average Bonchev–Trinajstić information content (AvgIpc) is 3.46. The summed E-state index contributed by atoms with van der Waals surface area (Å²) < 4.78 is 15.3. The average molecular weight is 460 g/mol. The van der Waals surface area contributed by atoms with Crippen LogP contribution in [0.3, 0.4) is 0 Å². The number of para-hydroxylation sites is 1. The number of hydrogen-bond acceptors (Lipinski definition) is 6. The van der Waals surface area contributed by atoms with Crippen LogP contribution in [0.2, 0.25) is 0 Å². The Bertz CT molecular complexity index is 1350. The second kappa shape index (κ2) is 9.02. The van der Waals surface area contributed by atoms with Gasteiger partial charge in [0.1, 0.15) is 10.8 Å². The Morgan fingerprint density at radius 3 is 2.59 bits per heavy atom. The molecule has 0 unspecified atom stereocenters. The van der Waals surface area contributed by atoms with Crippen molar-refractivity contribution < 1.29 is 4.39 Å². The van der Waals surface area contributed by atoms with Gasteiger partial charge in [-0.2, -0.15) is 0 Å². The molecule has 5 rings (SSSR count). The minimum atomic E-state index is -0.249. The summed E-state index contributed by atoms with van der Waals surface area (Å²) >= 11 is 3.13. The first-order valence-corrected chi connectivity index (χ1v) is 11.8. The molecule has 3 heterocycles. The smallest absolute Gasteiger partial charge is 0.196 e. The molecule has 0 aliphatic heterocycles. The van der Waals surface area contributed by atoms with E-state index in [0.29, 0.717) is 5.75 Å². The molecule has 0 aliphatic rings. The normalized spacial score (nSPS) is 11.1. The van der Waals surface area contributed by atoms with Gasteiger partial charge in [-0.3, -0.25) is 9.55 Å². The van der Waals surface area contributed by atoms with Crippen molar-refractivity contribution in [2.75, 3.05) is 0 Å². The third-order valence-electron chi connectivity index (χ3n) is 4.90. The first kappa shape index (κ1) is 20.5. The maximum atomic E-state index is 13.2. The van der Waals surface area contributed by atoms with Crippen molar-refractivity contribution >= 4 is 23.1 Å². The van der Waals surface area contributed by atoms with Crippen LogP contribution in [-0.2, 0) is 5.75 Å². The van der Waals surface area contributed by atoms with Crippen LogP contribution in [0.4, 0.5) is 4.39 Å². The summed E-state index contributed by atoms with van der Waals surface area (Å²) in [6.45, 7) is 2.08. The number of thiazole rings is 1. The molecule has 0 saturated carbocycles. The molecule has 5 aromatic rings. The topological polar surface area (TPSA) is 56.5 Å². The summed E-state index contributed by atoms with van der Waals surface area (Å²) in [5.74, 6) is 1.15. The molecular formula is C24H18FN5S2. The van der Waals surface area contributed by atoms with Gasteiger partial charge in [0.25, 0.3) is 0 Å². The number of benzene rings is 2. The Kier molecular flexibility index (Phi) is 5.79. The van der Waals surface area contributed by atoms with Crippen LogP contribution in [0.5, 0.6) is 0 Å². The lowest BCUT2D eigenvalue weighted by atomic mass is 10.2. The van der Waals surface area contributed by atoms with Gasteiger partial charge in [-0.1, -0.05) is 30.0 Å². The Balaban J connectivity index is 1.45. The van der Waals surface area contributed by atoms with Crippen LogP contribution in [0.15, 0.2) is 83.6 Å². The van der Waals surface area contributed by atoms with Crippen molar-refractivity contribution in [3.05, 3.63) is 95.5 Å². The second-order valence-electron chi connectivity index (χ2n) is 7.11. The van der Waals surface area contributed by atoms with E-state index < -0.39 is 0 Å². The van der Waals surface area contributed by atoms with E-state index in [9.17, 15) is 4.39 Å². The van der Waals surface area contributed by atoms with Crippen LogP contribution in [0.25, 0.3) is 27.6 Å². The minimum Gasteiger partial charge on any atom is -0.270 e. The van der Waals surface area contributed by atoms with E-state index >= 15 is 0 Å². The highest BCUT2D eigenvalue weighted by atomic mass is 32.2. The van der Waals surface area contributed by atoms with Gasteiger partial charge in [0.15, 0.2) is 11.0 Å². The molecule has 32 heavy (non-hydrogen) atoms. The quantitative estimate of drug-likeness (QED) is 0.283. The van der Waals surface area contributed by atoms with Crippen molar-refractivity contribution in [2.45, 2.75) is 17.8 Å². The molecule has 0 atom stereocenters. The summed E-state index contributed by atoms with van der Waals surface area (Å²) in [6.07, 6.45) is 3.54. The Morgan fingerprint density at radius 1 is 0.969 bits per heavy atom. The van der Waals surface area contributed by atoms with Crippen LogP contribution in [-0.4, -0.2) is 24.7 Å². The summed E-state index contributed by atoms with van der Waals surface area (Å²) in [6, 6.07) is 18.5. The van der Waals surface area contributed by atoms with Gasteiger partial charge < -0.3 is 0 Å². The summed E-state index contributed by atoms with van der Waals surface area (Å²) in [7, 11) is 0. The van der Waals surface area contributed by atoms with Crippen LogP contribution < -0.4 is 0 Å². The van der Waals surface area contributed by atoms with Gasteiger partial charge in [-0.25, -0.2) is 9.37 Å². The number of halogens is 1. The zero-order valence-corrected chi connectivity index (χ0v) is 18.8. The number of nitrogens with zero attached hydrogens (tertiary/aromatic N) is 5. The molecule has 0 amide bonds. The van der Waals surface area contributed by atoms with E-state index in [0.717, 1.165) is 44.1 Å². The zero-order valence-electron chi connectivity index (χ0n) is 17.1. The highest BCUT2D eigenvalue weighted by molar-refractivity contribution is 7.98. The first-order chi connectivity index (χ1) is 15.7. The number of rotatable bonds is 6. The summed E-state index contributed by atoms with van der Waals surface area (Å²) in [5.41, 5.74) is 4.93. The van der Waals surface area contributed by atoms with Crippen molar-refractivity contribution in [1.29, 1.82) is 0 Å². The third kappa shape index (κ3) is 4.19. The molecule has 3 aromatic heterocycles. The van der Waals surface area contributed by atoms with Gasteiger partial charge in [0.05, 0.1) is 11.4 Å². The fraction of sp³-hybridized carbons (Fsp3) is 0.0833. The highest BCUT2D eigenvalue weighted by Gasteiger charge is 2.18. The Morgan fingerprint density at radius 2 is 1.81 bits per heavy atom. The van der Waals surface area contributed by atoms with Gasteiger partial charge in [0, 0.05) is 34.7 Å².